The van der Waals surface area contributed by atoms with E-state index >= 15 is 0 Å². The van der Waals surface area contributed by atoms with Crippen LogP contribution in [0.1, 0.15) is 24.0 Å². The summed E-state index contributed by atoms with van der Waals surface area (Å²) in [5, 5.41) is 10.3. The normalized spacial score (nSPS) is 20.8. The molecule has 2 amide bonds. The Balaban J connectivity index is 1.26. The van der Waals surface area contributed by atoms with E-state index in [1.54, 1.807) is 10.9 Å². The molecule has 4 rings (SSSR count). The molecular weight excluding hydrogens is 398 g/mol. The number of aryl methyl sites for hydroxylation is 1. The van der Waals surface area contributed by atoms with Gasteiger partial charge in [0.25, 0.3) is 0 Å². The van der Waals surface area contributed by atoms with E-state index in [0.717, 1.165) is 30.5 Å². The zero-order chi connectivity index (χ0) is 21.8. The Bertz CT molecular complexity index is 944. The van der Waals surface area contributed by atoms with Crippen molar-refractivity contribution in [3.8, 4) is 11.5 Å². The molecule has 9 heteroatoms. The van der Waals surface area contributed by atoms with E-state index in [-0.39, 0.29) is 37.0 Å². The van der Waals surface area contributed by atoms with E-state index in [2.05, 4.69) is 20.6 Å². The van der Waals surface area contributed by atoms with Crippen LogP contribution in [-0.2, 0) is 29.6 Å². The standard InChI is InChI=1S/C22H29N5O4/c1-26-12-17(22(29)23-9-16-10-24-27(2)11-16)4-5-18(13-26)25-21(28)8-15-3-6-19-20(7-15)31-14-30-19/h3,6-7,10-11,17-18H,4-5,8-9,12-14H2,1-2H3,(H,23,29)(H,25,28)/t17-,18+/m1/s1. The van der Waals surface area contributed by atoms with Gasteiger partial charge < -0.3 is 25.0 Å². The number of ether oxygens (including phenoxy) is 2. The van der Waals surface area contributed by atoms with Crippen LogP contribution in [0.25, 0.3) is 0 Å². The van der Waals surface area contributed by atoms with Gasteiger partial charge in [0.2, 0.25) is 18.6 Å². The maximum atomic E-state index is 12.7. The molecular formula is C22H29N5O4. The van der Waals surface area contributed by atoms with Crippen LogP contribution in [0.15, 0.2) is 30.6 Å². The SMILES string of the molecule is CN1C[C@@H](NC(=O)Cc2ccc3c(c2)OCO3)CC[C@@H](C(=O)NCc2cnn(C)c2)C1. The first-order valence-corrected chi connectivity index (χ1v) is 10.6. The van der Waals surface area contributed by atoms with Gasteiger partial charge in [-0.05, 0) is 37.6 Å². The second kappa shape index (κ2) is 9.38. The molecule has 0 bridgehead atoms. The summed E-state index contributed by atoms with van der Waals surface area (Å²) in [6.45, 7) is 2.09. The Morgan fingerprint density at radius 1 is 1.13 bits per heavy atom. The molecule has 2 aromatic rings. The van der Waals surface area contributed by atoms with Crippen molar-refractivity contribution in [2.24, 2.45) is 13.0 Å². The van der Waals surface area contributed by atoms with Crippen LogP contribution in [-0.4, -0.2) is 59.5 Å². The van der Waals surface area contributed by atoms with Gasteiger partial charge in [0.15, 0.2) is 11.5 Å². The highest BCUT2D eigenvalue weighted by molar-refractivity contribution is 5.80. The van der Waals surface area contributed by atoms with Crippen molar-refractivity contribution in [3.63, 3.8) is 0 Å². The van der Waals surface area contributed by atoms with Crippen LogP contribution in [0, 0.1) is 5.92 Å². The number of fused-ring (bicyclic) bond motifs is 1. The number of hydrogen-bond donors (Lipinski definition) is 2. The van der Waals surface area contributed by atoms with Gasteiger partial charge in [0, 0.05) is 44.5 Å². The highest BCUT2D eigenvalue weighted by Crippen LogP contribution is 2.32. The summed E-state index contributed by atoms with van der Waals surface area (Å²) >= 11 is 0. The van der Waals surface area contributed by atoms with E-state index in [9.17, 15) is 9.59 Å². The van der Waals surface area contributed by atoms with Crippen LogP contribution < -0.4 is 20.1 Å². The first-order valence-electron chi connectivity index (χ1n) is 10.6. The molecule has 1 aromatic carbocycles. The first kappa shape index (κ1) is 21.2. The Hall–Kier alpha value is -3.07. The number of likely N-dealkylation sites (tertiary alicyclic amines) is 1. The number of rotatable bonds is 6. The fraction of sp³-hybridized carbons (Fsp3) is 0.500. The molecule has 0 spiro atoms. The molecule has 2 atom stereocenters. The number of amides is 2. The summed E-state index contributed by atoms with van der Waals surface area (Å²) in [6.07, 6.45) is 5.43. The Labute approximate surface area is 181 Å². The van der Waals surface area contributed by atoms with Crippen molar-refractivity contribution in [3.05, 3.63) is 41.7 Å². The van der Waals surface area contributed by atoms with Gasteiger partial charge in [-0.2, -0.15) is 5.10 Å². The van der Waals surface area contributed by atoms with Crippen molar-refractivity contribution < 1.29 is 19.1 Å². The molecule has 2 aliphatic heterocycles. The summed E-state index contributed by atoms with van der Waals surface area (Å²) in [5.74, 6) is 1.30. The van der Waals surface area contributed by atoms with E-state index in [1.807, 2.05) is 38.5 Å². The van der Waals surface area contributed by atoms with Gasteiger partial charge >= 0.3 is 0 Å². The molecule has 31 heavy (non-hydrogen) atoms. The van der Waals surface area contributed by atoms with Crippen LogP contribution in [0.4, 0.5) is 0 Å². The van der Waals surface area contributed by atoms with Crippen molar-refractivity contribution in [2.45, 2.75) is 31.8 Å². The predicted octanol–water partition coefficient (Wildman–Crippen LogP) is 0.834. The third kappa shape index (κ3) is 5.55. The fourth-order valence-corrected chi connectivity index (χ4v) is 4.16. The minimum absolute atomic E-state index is 0.0163. The lowest BCUT2D eigenvalue weighted by atomic mass is 10.0. The third-order valence-corrected chi connectivity index (χ3v) is 5.69. The van der Waals surface area contributed by atoms with E-state index in [4.69, 9.17) is 9.47 Å². The first-order chi connectivity index (χ1) is 15.0. The van der Waals surface area contributed by atoms with Crippen LogP contribution in [0.3, 0.4) is 0 Å². The maximum Gasteiger partial charge on any atom is 0.231 e. The molecule has 0 aliphatic carbocycles. The second-order valence-electron chi connectivity index (χ2n) is 8.36. The average Bonchev–Trinajstić information content (AvgIpc) is 3.32. The lowest BCUT2D eigenvalue weighted by molar-refractivity contribution is -0.125. The van der Waals surface area contributed by atoms with Crippen molar-refractivity contribution in [1.29, 1.82) is 0 Å². The Morgan fingerprint density at radius 3 is 2.77 bits per heavy atom. The van der Waals surface area contributed by atoms with Crippen molar-refractivity contribution in [1.82, 2.24) is 25.3 Å². The number of aromatic nitrogens is 2. The lowest BCUT2D eigenvalue weighted by Gasteiger charge is -2.22. The molecule has 2 aliphatic rings. The zero-order valence-electron chi connectivity index (χ0n) is 18.0. The minimum atomic E-state index is -0.0996. The number of nitrogens with zero attached hydrogens (tertiary/aromatic N) is 3. The number of carbonyl (C=O) groups is 2. The van der Waals surface area contributed by atoms with Crippen LogP contribution in [0.5, 0.6) is 11.5 Å². The second-order valence-corrected chi connectivity index (χ2v) is 8.36. The predicted molar refractivity (Wildman–Crippen MR) is 113 cm³/mol. The van der Waals surface area contributed by atoms with Crippen molar-refractivity contribution >= 4 is 11.8 Å². The topological polar surface area (TPSA) is 97.7 Å². The van der Waals surface area contributed by atoms with Gasteiger partial charge in [0.1, 0.15) is 0 Å². The van der Waals surface area contributed by atoms with Crippen LogP contribution in [0.2, 0.25) is 0 Å². The molecule has 0 unspecified atom stereocenters. The molecule has 9 nitrogen and oxygen atoms in total. The van der Waals surface area contributed by atoms with Gasteiger partial charge in [-0.25, -0.2) is 0 Å². The van der Waals surface area contributed by atoms with E-state index in [1.165, 1.54) is 0 Å². The van der Waals surface area contributed by atoms with Gasteiger partial charge in [-0.1, -0.05) is 6.07 Å². The fourth-order valence-electron chi connectivity index (χ4n) is 4.16. The third-order valence-electron chi connectivity index (χ3n) is 5.69. The van der Waals surface area contributed by atoms with Gasteiger partial charge in [0.05, 0.1) is 18.5 Å². The molecule has 1 fully saturated rings. The smallest absolute Gasteiger partial charge is 0.231 e. The van der Waals surface area contributed by atoms with E-state index < -0.39 is 0 Å². The summed E-state index contributed by atoms with van der Waals surface area (Å²) in [4.78, 5) is 27.4. The Kier molecular flexibility index (Phi) is 6.41. The quantitative estimate of drug-likeness (QED) is 0.709. The molecule has 3 heterocycles. The van der Waals surface area contributed by atoms with Gasteiger partial charge in [-0.15, -0.1) is 0 Å². The molecule has 0 radical (unpaired) electrons. The molecule has 166 valence electrons. The van der Waals surface area contributed by atoms with Gasteiger partial charge in [-0.3, -0.25) is 14.3 Å². The minimum Gasteiger partial charge on any atom is -0.454 e. The summed E-state index contributed by atoms with van der Waals surface area (Å²) in [6, 6.07) is 5.58. The molecule has 0 saturated carbocycles. The number of nitrogens with one attached hydrogen (secondary N) is 2. The average molecular weight is 428 g/mol. The van der Waals surface area contributed by atoms with E-state index in [0.29, 0.717) is 24.6 Å². The zero-order valence-corrected chi connectivity index (χ0v) is 18.0. The highest BCUT2D eigenvalue weighted by atomic mass is 16.7. The number of benzene rings is 1. The number of hydrogen-bond acceptors (Lipinski definition) is 6. The molecule has 1 saturated heterocycles. The summed E-state index contributed by atoms with van der Waals surface area (Å²) < 4.78 is 12.4. The van der Waals surface area contributed by atoms with Crippen LogP contribution >= 0.6 is 0 Å². The summed E-state index contributed by atoms with van der Waals surface area (Å²) in [5.41, 5.74) is 1.86. The largest absolute Gasteiger partial charge is 0.454 e. The maximum absolute atomic E-state index is 12.7. The highest BCUT2D eigenvalue weighted by Gasteiger charge is 2.27. The monoisotopic (exact) mass is 427 g/mol. The number of likely N-dealkylation sites (N-methyl/N-ethyl adjacent to an activating group) is 1. The molecule has 1 aromatic heterocycles. The number of carbonyl (C=O) groups excluding carboxylic acids is 2. The molecule has 2 N–H and O–H groups in total. The van der Waals surface area contributed by atoms with Crippen molar-refractivity contribution in [2.75, 3.05) is 26.9 Å². The lowest BCUT2D eigenvalue weighted by Crippen LogP contribution is -2.42. The Morgan fingerprint density at radius 2 is 1.97 bits per heavy atom. The summed E-state index contributed by atoms with van der Waals surface area (Å²) in [7, 11) is 3.84.